The van der Waals surface area contributed by atoms with E-state index in [1.165, 1.54) is 0 Å². The summed E-state index contributed by atoms with van der Waals surface area (Å²) in [5.74, 6) is 1.57. The Hall–Kier alpha value is -2.10. The molecule has 1 atom stereocenters. The highest BCUT2D eigenvalue weighted by atomic mass is 16.5. The zero-order valence-corrected chi connectivity index (χ0v) is 8.63. The van der Waals surface area contributed by atoms with Crippen LogP contribution in [0.15, 0.2) is 42.7 Å². The van der Waals surface area contributed by atoms with Gasteiger partial charge in [-0.25, -0.2) is 9.97 Å². The van der Waals surface area contributed by atoms with Crippen molar-refractivity contribution < 1.29 is 4.74 Å². The first-order chi connectivity index (χ1) is 7.93. The first-order valence-electron chi connectivity index (χ1n) is 5.20. The van der Waals surface area contributed by atoms with E-state index in [9.17, 15) is 0 Å². The Morgan fingerprint density at radius 3 is 2.81 bits per heavy atom. The molecular weight excluding hydrogens is 202 g/mol. The smallest absolute Gasteiger partial charge is 0.175 e. The summed E-state index contributed by atoms with van der Waals surface area (Å²) >= 11 is 0. The minimum absolute atomic E-state index is 0.115. The summed E-state index contributed by atoms with van der Waals surface area (Å²) in [5, 5.41) is 3.31. The van der Waals surface area contributed by atoms with Crippen LogP contribution in [-0.2, 0) is 0 Å². The second kappa shape index (κ2) is 3.81. The normalized spacial score (nSPS) is 18.1. The molecule has 0 bridgehead atoms. The zero-order valence-electron chi connectivity index (χ0n) is 8.63. The Bertz CT molecular complexity index is 487. The minimum Gasteiger partial charge on any atom is -0.478 e. The number of nitrogens with one attached hydrogen (secondary N) is 1. The van der Waals surface area contributed by atoms with Gasteiger partial charge in [-0.2, -0.15) is 0 Å². The molecule has 4 heteroatoms. The Kier molecular flexibility index (Phi) is 2.18. The lowest BCUT2D eigenvalue weighted by molar-refractivity contribution is 0.200. The van der Waals surface area contributed by atoms with Crippen molar-refractivity contribution in [1.82, 2.24) is 9.97 Å². The zero-order chi connectivity index (χ0) is 10.8. The maximum atomic E-state index is 5.83. The molecule has 0 fully saturated rings. The third kappa shape index (κ3) is 1.58. The van der Waals surface area contributed by atoms with Gasteiger partial charge in [0.2, 0.25) is 0 Å². The van der Waals surface area contributed by atoms with E-state index >= 15 is 0 Å². The van der Waals surface area contributed by atoms with Gasteiger partial charge in [0.25, 0.3) is 0 Å². The molecule has 0 saturated heterocycles. The molecule has 0 radical (unpaired) electrons. The second-order valence-electron chi connectivity index (χ2n) is 3.59. The van der Waals surface area contributed by atoms with Gasteiger partial charge in [-0.1, -0.05) is 12.1 Å². The van der Waals surface area contributed by atoms with E-state index < -0.39 is 0 Å². The van der Waals surface area contributed by atoms with E-state index in [-0.39, 0.29) is 6.10 Å². The summed E-state index contributed by atoms with van der Waals surface area (Å²) in [7, 11) is 0. The standard InChI is InChI=1S/C12H11N3O/c1-2-5-10-9(4-1)15-8-11(16-10)12-13-6-3-7-14-12/h1-7,11,15H,8H2. The summed E-state index contributed by atoms with van der Waals surface area (Å²) in [4.78, 5) is 8.40. The third-order valence-electron chi connectivity index (χ3n) is 2.51. The van der Waals surface area contributed by atoms with E-state index in [2.05, 4.69) is 15.3 Å². The first kappa shape index (κ1) is 9.15. The van der Waals surface area contributed by atoms with Crippen LogP contribution in [0.2, 0.25) is 0 Å². The highest BCUT2D eigenvalue weighted by molar-refractivity contribution is 5.57. The number of aromatic nitrogens is 2. The fraction of sp³-hybridized carbons (Fsp3) is 0.167. The lowest BCUT2D eigenvalue weighted by Crippen LogP contribution is -2.25. The van der Waals surface area contributed by atoms with E-state index in [1.54, 1.807) is 18.5 Å². The number of benzene rings is 1. The fourth-order valence-electron chi connectivity index (χ4n) is 1.73. The maximum Gasteiger partial charge on any atom is 0.175 e. The summed E-state index contributed by atoms with van der Waals surface area (Å²) in [6, 6.07) is 9.67. The van der Waals surface area contributed by atoms with Crippen LogP contribution in [0.4, 0.5) is 5.69 Å². The summed E-state index contributed by atoms with van der Waals surface area (Å²) in [5.41, 5.74) is 1.02. The molecule has 0 spiro atoms. The Balaban J connectivity index is 1.89. The molecule has 80 valence electrons. The molecule has 16 heavy (non-hydrogen) atoms. The third-order valence-corrected chi connectivity index (χ3v) is 2.51. The number of hydrogen-bond donors (Lipinski definition) is 1. The summed E-state index contributed by atoms with van der Waals surface area (Å²) in [6.07, 6.45) is 3.34. The van der Waals surface area contributed by atoms with Crippen molar-refractivity contribution >= 4 is 5.69 Å². The van der Waals surface area contributed by atoms with Gasteiger partial charge in [-0.15, -0.1) is 0 Å². The van der Waals surface area contributed by atoms with Gasteiger partial charge in [-0.3, -0.25) is 0 Å². The Morgan fingerprint density at radius 1 is 1.12 bits per heavy atom. The predicted octanol–water partition coefficient (Wildman–Crippen LogP) is 2.02. The van der Waals surface area contributed by atoms with Gasteiger partial charge in [0.15, 0.2) is 11.9 Å². The highest BCUT2D eigenvalue weighted by Gasteiger charge is 2.22. The first-order valence-corrected chi connectivity index (χ1v) is 5.20. The molecule has 1 aliphatic heterocycles. The van der Waals surface area contributed by atoms with Gasteiger partial charge >= 0.3 is 0 Å². The van der Waals surface area contributed by atoms with Crippen molar-refractivity contribution in [2.24, 2.45) is 0 Å². The van der Waals surface area contributed by atoms with Gasteiger partial charge in [0, 0.05) is 12.4 Å². The van der Waals surface area contributed by atoms with E-state index in [1.807, 2.05) is 24.3 Å². The Labute approximate surface area is 93.3 Å². The number of rotatable bonds is 1. The second-order valence-corrected chi connectivity index (χ2v) is 3.59. The SMILES string of the molecule is c1cnc(C2CNc3ccccc3O2)nc1. The van der Waals surface area contributed by atoms with Crippen LogP contribution in [0, 0.1) is 0 Å². The fourth-order valence-corrected chi connectivity index (χ4v) is 1.73. The molecule has 1 N–H and O–H groups in total. The molecule has 1 aromatic carbocycles. The quantitative estimate of drug-likeness (QED) is 0.787. The maximum absolute atomic E-state index is 5.83. The van der Waals surface area contributed by atoms with Crippen molar-refractivity contribution in [3.63, 3.8) is 0 Å². The molecule has 1 aromatic heterocycles. The monoisotopic (exact) mass is 213 g/mol. The van der Waals surface area contributed by atoms with Crippen molar-refractivity contribution in [2.75, 3.05) is 11.9 Å². The predicted molar refractivity (Wildman–Crippen MR) is 60.3 cm³/mol. The average molecular weight is 213 g/mol. The topological polar surface area (TPSA) is 47.0 Å². The number of hydrogen-bond acceptors (Lipinski definition) is 4. The van der Waals surface area contributed by atoms with Gasteiger partial charge in [0.1, 0.15) is 5.75 Å². The van der Waals surface area contributed by atoms with Crippen molar-refractivity contribution in [3.8, 4) is 5.75 Å². The Morgan fingerprint density at radius 2 is 1.94 bits per heavy atom. The molecular formula is C12H11N3O. The molecule has 0 saturated carbocycles. The van der Waals surface area contributed by atoms with E-state index in [0.717, 1.165) is 11.4 Å². The number of nitrogens with zero attached hydrogens (tertiary/aromatic N) is 2. The van der Waals surface area contributed by atoms with E-state index in [4.69, 9.17) is 4.74 Å². The highest BCUT2D eigenvalue weighted by Crippen LogP contribution is 2.32. The molecule has 2 aromatic rings. The van der Waals surface area contributed by atoms with Crippen molar-refractivity contribution in [1.29, 1.82) is 0 Å². The summed E-state index contributed by atoms with van der Waals surface area (Å²) in [6.45, 7) is 0.695. The number of para-hydroxylation sites is 2. The van der Waals surface area contributed by atoms with E-state index in [0.29, 0.717) is 12.4 Å². The van der Waals surface area contributed by atoms with Crippen LogP contribution < -0.4 is 10.1 Å². The average Bonchev–Trinajstić information content (AvgIpc) is 2.39. The van der Waals surface area contributed by atoms with Crippen LogP contribution in [-0.4, -0.2) is 16.5 Å². The van der Waals surface area contributed by atoms with Gasteiger partial charge in [-0.05, 0) is 18.2 Å². The van der Waals surface area contributed by atoms with Crippen molar-refractivity contribution in [2.45, 2.75) is 6.10 Å². The van der Waals surface area contributed by atoms with Crippen LogP contribution >= 0.6 is 0 Å². The lowest BCUT2D eigenvalue weighted by Gasteiger charge is -2.26. The molecule has 1 unspecified atom stereocenters. The molecule has 0 aliphatic carbocycles. The molecule has 0 amide bonds. The van der Waals surface area contributed by atoms with Crippen molar-refractivity contribution in [3.05, 3.63) is 48.5 Å². The largest absolute Gasteiger partial charge is 0.478 e. The molecule has 4 nitrogen and oxygen atoms in total. The van der Waals surface area contributed by atoms with Crippen LogP contribution in [0.25, 0.3) is 0 Å². The molecule has 2 heterocycles. The van der Waals surface area contributed by atoms with Crippen LogP contribution in [0.3, 0.4) is 0 Å². The summed E-state index contributed by atoms with van der Waals surface area (Å²) < 4.78 is 5.83. The number of anilines is 1. The minimum atomic E-state index is -0.115. The molecule has 1 aliphatic rings. The van der Waals surface area contributed by atoms with Crippen LogP contribution in [0.5, 0.6) is 5.75 Å². The lowest BCUT2D eigenvalue weighted by atomic mass is 10.2. The van der Waals surface area contributed by atoms with Gasteiger partial charge < -0.3 is 10.1 Å². The van der Waals surface area contributed by atoms with Crippen LogP contribution in [0.1, 0.15) is 11.9 Å². The van der Waals surface area contributed by atoms with Gasteiger partial charge in [0.05, 0.1) is 12.2 Å². The number of ether oxygens (including phenoxy) is 1. The molecule has 3 rings (SSSR count). The number of fused-ring (bicyclic) bond motifs is 1.